The van der Waals surface area contributed by atoms with E-state index in [0.29, 0.717) is 38.4 Å². The normalized spacial score (nSPS) is 15.1. The first-order chi connectivity index (χ1) is 17.3. The highest BCUT2D eigenvalue weighted by atomic mass is 35.5. The third-order valence-corrected chi connectivity index (χ3v) is 7.05. The zero-order valence-corrected chi connectivity index (χ0v) is 20.7. The van der Waals surface area contributed by atoms with E-state index in [0.717, 1.165) is 36.8 Å². The van der Waals surface area contributed by atoms with Crippen LogP contribution in [-0.2, 0) is 17.6 Å². The van der Waals surface area contributed by atoms with Crippen molar-refractivity contribution in [2.75, 3.05) is 6.61 Å². The number of halogens is 2. The largest absolute Gasteiger partial charge is 0.489 e. The van der Waals surface area contributed by atoms with Gasteiger partial charge in [0.15, 0.2) is 5.78 Å². The fraction of sp³-hybridized carbons (Fsp3) is 0.214. The standard InChI is InChI=1S/C28H23Cl2NO5/c29-21-2-1-3-22(30)25(21)26(31)20(27(32)17-7-8-17)14-35-19-11-10-16-5-4-15-6-9-18(28(33)34)12-23(15)36-24(16)13-19/h1-3,6,9-13,17H,4-5,7-8,14,31H2,(H,33,34). The van der Waals surface area contributed by atoms with Crippen molar-refractivity contribution in [2.24, 2.45) is 11.7 Å². The Morgan fingerprint density at radius 3 is 2.25 bits per heavy atom. The molecule has 36 heavy (non-hydrogen) atoms. The molecule has 1 fully saturated rings. The monoisotopic (exact) mass is 523 g/mol. The van der Waals surface area contributed by atoms with Crippen molar-refractivity contribution < 1.29 is 24.2 Å². The summed E-state index contributed by atoms with van der Waals surface area (Å²) >= 11 is 12.7. The van der Waals surface area contributed by atoms with Crippen LogP contribution in [0, 0.1) is 5.92 Å². The first kappa shape index (κ1) is 24.2. The summed E-state index contributed by atoms with van der Waals surface area (Å²) in [6.45, 7) is -0.0543. The van der Waals surface area contributed by atoms with Crippen LogP contribution in [0.1, 0.15) is 39.9 Å². The molecule has 0 aromatic heterocycles. The lowest BCUT2D eigenvalue weighted by molar-refractivity contribution is -0.116. The van der Waals surface area contributed by atoms with Crippen LogP contribution in [0.2, 0.25) is 10.0 Å². The smallest absolute Gasteiger partial charge is 0.335 e. The number of carbonyl (C=O) groups excluding carboxylic acids is 1. The molecule has 0 amide bonds. The minimum absolute atomic E-state index is 0.0543. The fourth-order valence-electron chi connectivity index (χ4n) is 4.24. The van der Waals surface area contributed by atoms with Crippen molar-refractivity contribution in [3.63, 3.8) is 0 Å². The number of benzene rings is 3. The van der Waals surface area contributed by atoms with Crippen molar-refractivity contribution in [3.05, 3.63) is 92.5 Å². The Kier molecular flexibility index (Phi) is 6.65. The van der Waals surface area contributed by atoms with Gasteiger partial charge in [-0.3, -0.25) is 4.79 Å². The summed E-state index contributed by atoms with van der Waals surface area (Å²) in [5.74, 6) is 0.427. The maximum atomic E-state index is 13.1. The average Bonchev–Trinajstić information content (AvgIpc) is 3.70. The number of carboxylic acid groups (broad SMARTS) is 1. The van der Waals surface area contributed by atoms with Gasteiger partial charge in [-0.05, 0) is 67.1 Å². The molecule has 3 aromatic carbocycles. The Balaban J connectivity index is 1.43. The number of hydrogen-bond acceptors (Lipinski definition) is 5. The van der Waals surface area contributed by atoms with Gasteiger partial charge in [0.1, 0.15) is 23.9 Å². The van der Waals surface area contributed by atoms with Gasteiger partial charge in [-0.1, -0.05) is 41.4 Å². The number of carbonyl (C=O) groups is 2. The minimum atomic E-state index is -1.01. The highest BCUT2D eigenvalue weighted by Gasteiger charge is 2.34. The molecule has 1 heterocycles. The predicted molar refractivity (Wildman–Crippen MR) is 138 cm³/mol. The van der Waals surface area contributed by atoms with Crippen molar-refractivity contribution in [1.82, 2.24) is 0 Å². The number of hydrogen-bond donors (Lipinski definition) is 2. The molecule has 3 aromatic rings. The van der Waals surface area contributed by atoms with Gasteiger partial charge >= 0.3 is 5.97 Å². The lowest BCUT2D eigenvalue weighted by atomic mass is 10.0. The second kappa shape index (κ2) is 9.88. The molecule has 2 aliphatic rings. The number of Topliss-reactive ketones (excluding diaryl/α,β-unsaturated/α-hetero) is 1. The Hall–Kier alpha value is -3.48. The van der Waals surface area contributed by atoms with Crippen molar-refractivity contribution in [1.29, 1.82) is 0 Å². The third kappa shape index (κ3) is 4.92. The van der Waals surface area contributed by atoms with Crippen LogP contribution in [0.3, 0.4) is 0 Å². The maximum Gasteiger partial charge on any atom is 0.335 e. The molecule has 1 aliphatic carbocycles. The molecular weight excluding hydrogens is 501 g/mol. The second-order valence-corrected chi connectivity index (χ2v) is 9.73. The Morgan fingerprint density at radius 1 is 0.972 bits per heavy atom. The number of aryl methyl sites for hydroxylation is 2. The molecule has 8 heteroatoms. The summed E-state index contributed by atoms with van der Waals surface area (Å²) in [6, 6.07) is 15.4. The quantitative estimate of drug-likeness (QED) is 0.352. The van der Waals surface area contributed by atoms with Gasteiger partial charge < -0.3 is 20.3 Å². The maximum absolute atomic E-state index is 13.1. The summed E-state index contributed by atoms with van der Waals surface area (Å²) in [5, 5.41) is 10.1. The topological polar surface area (TPSA) is 98.8 Å². The lowest BCUT2D eigenvalue weighted by Crippen LogP contribution is -2.18. The van der Waals surface area contributed by atoms with Crippen molar-refractivity contribution in [3.8, 4) is 17.2 Å². The molecule has 5 rings (SSSR count). The number of fused-ring (bicyclic) bond motifs is 2. The first-order valence-electron chi connectivity index (χ1n) is 11.6. The number of aromatic carboxylic acids is 1. The molecule has 184 valence electrons. The Morgan fingerprint density at radius 2 is 1.61 bits per heavy atom. The zero-order chi connectivity index (χ0) is 25.4. The number of rotatable bonds is 7. The molecule has 1 aliphatic heterocycles. The molecule has 0 saturated heterocycles. The molecule has 3 N–H and O–H groups in total. The van der Waals surface area contributed by atoms with E-state index in [1.807, 2.05) is 12.1 Å². The molecule has 0 atom stereocenters. The van der Waals surface area contributed by atoms with Crippen molar-refractivity contribution in [2.45, 2.75) is 25.7 Å². The van der Waals surface area contributed by atoms with Gasteiger partial charge in [0, 0.05) is 17.5 Å². The van der Waals surface area contributed by atoms with Gasteiger partial charge in [0.05, 0.1) is 26.9 Å². The molecule has 1 saturated carbocycles. The van der Waals surface area contributed by atoms with E-state index in [-0.39, 0.29) is 29.6 Å². The second-order valence-electron chi connectivity index (χ2n) is 8.92. The molecule has 0 radical (unpaired) electrons. The highest BCUT2D eigenvalue weighted by Crippen LogP contribution is 2.38. The molecule has 0 bridgehead atoms. The van der Waals surface area contributed by atoms with E-state index in [1.54, 1.807) is 36.4 Å². The number of carboxylic acids is 1. The van der Waals surface area contributed by atoms with Crippen LogP contribution >= 0.6 is 23.2 Å². The van der Waals surface area contributed by atoms with E-state index in [2.05, 4.69) is 0 Å². The summed E-state index contributed by atoms with van der Waals surface area (Å²) in [4.78, 5) is 24.5. The van der Waals surface area contributed by atoms with Gasteiger partial charge in [-0.25, -0.2) is 4.79 Å². The van der Waals surface area contributed by atoms with Crippen LogP contribution in [0.5, 0.6) is 17.2 Å². The summed E-state index contributed by atoms with van der Waals surface area (Å²) < 4.78 is 12.1. The van der Waals surface area contributed by atoms with Crippen LogP contribution in [-0.4, -0.2) is 23.5 Å². The van der Waals surface area contributed by atoms with Crippen LogP contribution in [0.15, 0.2) is 60.2 Å². The van der Waals surface area contributed by atoms with Gasteiger partial charge in [-0.2, -0.15) is 0 Å². The number of nitrogens with two attached hydrogens (primary N) is 1. The average molecular weight is 524 g/mol. The summed E-state index contributed by atoms with van der Waals surface area (Å²) in [6.07, 6.45) is 3.09. The Bertz CT molecular complexity index is 1390. The molecule has 0 unspecified atom stereocenters. The van der Waals surface area contributed by atoms with Gasteiger partial charge in [-0.15, -0.1) is 0 Å². The summed E-state index contributed by atoms with van der Waals surface area (Å²) in [5.41, 5.74) is 9.46. The SMILES string of the molecule is NC(=C(COc1ccc2c(c1)Oc1cc(C(=O)O)ccc1CC2)C(=O)C1CC1)c1c(Cl)cccc1Cl. The van der Waals surface area contributed by atoms with Crippen molar-refractivity contribution >= 4 is 40.7 Å². The number of ketones is 1. The highest BCUT2D eigenvalue weighted by molar-refractivity contribution is 6.37. The van der Waals surface area contributed by atoms with Crippen LogP contribution in [0.25, 0.3) is 5.70 Å². The predicted octanol–water partition coefficient (Wildman–Crippen LogP) is 6.31. The molecular formula is C28H23Cl2NO5. The third-order valence-electron chi connectivity index (χ3n) is 6.42. The van der Waals surface area contributed by atoms with E-state index >= 15 is 0 Å². The lowest BCUT2D eigenvalue weighted by Gasteiger charge is -2.16. The molecule has 0 spiro atoms. The summed E-state index contributed by atoms with van der Waals surface area (Å²) in [7, 11) is 0. The van der Waals surface area contributed by atoms with Crippen LogP contribution < -0.4 is 15.2 Å². The van der Waals surface area contributed by atoms with Gasteiger partial charge in [0.2, 0.25) is 0 Å². The zero-order valence-electron chi connectivity index (χ0n) is 19.2. The number of ether oxygens (including phenoxy) is 2. The van der Waals surface area contributed by atoms with E-state index in [9.17, 15) is 14.7 Å². The minimum Gasteiger partial charge on any atom is -0.489 e. The first-order valence-corrected chi connectivity index (χ1v) is 12.3. The Labute approximate surface area is 218 Å². The fourth-order valence-corrected chi connectivity index (χ4v) is 4.84. The molecule has 6 nitrogen and oxygen atoms in total. The van der Waals surface area contributed by atoms with E-state index < -0.39 is 5.97 Å². The van der Waals surface area contributed by atoms with Gasteiger partial charge in [0.25, 0.3) is 0 Å². The van der Waals surface area contributed by atoms with Crippen LogP contribution in [0.4, 0.5) is 0 Å². The van der Waals surface area contributed by atoms with E-state index in [4.69, 9.17) is 38.4 Å². The van der Waals surface area contributed by atoms with E-state index in [1.165, 1.54) is 6.07 Å².